The molecule has 0 amide bonds. The minimum atomic E-state index is 0.643. The smallest absolute Gasteiger partial charge is 0.0193 e. The average Bonchev–Trinajstić information content (AvgIpc) is 2.30. The lowest BCUT2D eigenvalue weighted by atomic mass is 9.94. The van der Waals surface area contributed by atoms with Crippen LogP contribution >= 0.6 is 0 Å². The second-order valence-electron chi connectivity index (χ2n) is 4.13. The van der Waals surface area contributed by atoms with Crippen LogP contribution < -0.4 is 0 Å². The summed E-state index contributed by atoms with van der Waals surface area (Å²) in [5, 5.41) is 0. The van der Waals surface area contributed by atoms with Gasteiger partial charge < -0.3 is 0 Å². The Kier molecular flexibility index (Phi) is 7.11. The zero-order chi connectivity index (χ0) is 11.8. The molecule has 0 spiro atoms. The first-order valence-corrected chi connectivity index (χ1v) is 6.25. The molecule has 1 aromatic rings. The fraction of sp³-hybridized carbons (Fsp3) is 0.600. The lowest BCUT2D eigenvalue weighted by molar-refractivity contribution is 0.729. The Morgan fingerprint density at radius 1 is 1.00 bits per heavy atom. The largest absolute Gasteiger partial charge is 0.0683 e. The highest BCUT2D eigenvalue weighted by Gasteiger charge is 2.04. The van der Waals surface area contributed by atoms with Crippen molar-refractivity contribution in [2.45, 2.75) is 59.8 Å². The third kappa shape index (κ3) is 4.51. The minimum absolute atomic E-state index is 0.643. The molecule has 0 aliphatic rings. The molecule has 1 aromatic carbocycles. The highest BCUT2D eigenvalue weighted by molar-refractivity contribution is 5.27. The van der Waals surface area contributed by atoms with E-state index in [0.29, 0.717) is 11.8 Å². The Hall–Kier alpha value is -0.780. The highest BCUT2D eigenvalue weighted by Crippen LogP contribution is 2.22. The molecule has 0 bridgehead atoms. The number of rotatable bonds is 3. The van der Waals surface area contributed by atoms with Crippen molar-refractivity contribution in [1.82, 2.24) is 0 Å². The van der Waals surface area contributed by atoms with E-state index in [1.807, 2.05) is 13.8 Å². The molecule has 0 N–H and O–H groups in total. The van der Waals surface area contributed by atoms with Crippen LogP contribution in [0.2, 0.25) is 0 Å². The Morgan fingerprint density at radius 2 is 1.53 bits per heavy atom. The van der Waals surface area contributed by atoms with Crippen molar-refractivity contribution < 1.29 is 0 Å². The van der Waals surface area contributed by atoms with Gasteiger partial charge in [0.2, 0.25) is 0 Å². The monoisotopic (exact) mass is 206 g/mol. The Morgan fingerprint density at radius 3 is 2.00 bits per heavy atom. The van der Waals surface area contributed by atoms with Gasteiger partial charge in [-0.05, 0) is 29.4 Å². The van der Waals surface area contributed by atoms with Crippen LogP contribution in [0.1, 0.15) is 70.9 Å². The molecule has 0 saturated carbocycles. The minimum Gasteiger partial charge on any atom is -0.0683 e. The maximum atomic E-state index is 2.35. The zero-order valence-corrected chi connectivity index (χ0v) is 11.2. The fourth-order valence-electron chi connectivity index (χ4n) is 1.46. The first-order chi connectivity index (χ1) is 7.15. The van der Waals surface area contributed by atoms with Gasteiger partial charge in [0.15, 0.2) is 0 Å². The lowest BCUT2D eigenvalue weighted by Crippen LogP contribution is -1.94. The Bertz CT molecular complexity index is 260. The van der Waals surface area contributed by atoms with Gasteiger partial charge in [0.05, 0.1) is 0 Å². The summed E-state index contributed by atoms with van der Waals surface area (Å²) in [5.41, 5.74) is 2.94. The molecular formula is C15H26. The van der Waals surface area contributed by atoms with Crippen LogP contribution in [-0.2, 0) is 0 Å². The second-order valence-corrected chi connectivity index (χ2v) is 4.13. The molecule has 0 nitrogen and oxygen atoms in total. The lowest BCUT2D eigenvalue weighted by Gasteiger charge is -2.12. The van der Waals surface area contributed by atoms with E-state index in [-0.39, 0.29) is 0 Å². The first kappa shape index (κ1) is 14.2. The molecule has 1 rings (SSSR count). The van der Waals surface area contributed by atoms with Crippen LogP contribution in [0.3, 0.4) is 0 Å². The van der Waals surface area contributed by atoms with Crippen LogP contribution in [0.15, 0.2) is 24.3 Å². The number of hydrogen-bond donors (Lipinski definition) is 0. The quantitative estimate of drug-likeness (QED) is 0.625. The summed E-state index contributed by atoms with van der Waals surface area (Å²) in [5.74, 6) is 1.34. The van der Waals surface area contributed by atoms with Crippen molar-refractivity contribution in [3.63, 3.8) is 0 Å². The predicted octanol–water partition coefficient (Wildman–Crippen LogP) is 5.35. The van der Waals surface area contributed by atoms with E-state index in [0.717, 1.165) is 0 Å². The number of benzene rings is 1. The molecule has 0 aromatic heterocycles. The van der Waals surface area contributed by atoms with E-state index >= 15 is 0 Å². The summed E-state index contributed by atoms with van der Waals surface area (Å²) in [6.07, 6.45) is 1.22. The predicted molar refractivity (Wildman–Crippen MR) is 70.6 cm³/mol. The summed E-state index contributed by atoms with van der Waals surface area (Å²) in [4.78, 5) is 0. The van der Waals surface area contributed by atoms with Crippen LogP contribution in [-0.4, -0.2) is 0 Å². The van der Waals surface area contributed by atoms with Crippen LogP contribution in [0.5, 0.6) is 0 Å². The van der Waals surface area contributed by atoms with Gasteiger partial charge in [-0.25, -0.2) is 0 Å². The number of hydrogen-bond acceptors (Lipinski definition) is 0. The molecule has 0 aliphatic heterocycles. The Balaban J connectivity index is 0.000000921. The van der Waals surface area contributed by atoms with Gasteiger partial charge >= 0.3 is 0 Å². The van der Waals surface area contributed by atoms with Crippen LogP contribution in [0.25, 0.3) is 0 Å². The second kappa shape index (κ2) is 7.50. The molecule has 0 heteroatoms. The molecule has 0 heterocycles. The van der Waals surface area contributed by atoms with Gasteiger partial charge in [0.25, 0.3) is 0 Å². The van der Waals surface area contributed by atoms with E-state index in [1.54, 1.807) is 0 Å². The summed E-state index contributed by atoms with van der Waals surface area (Å²) in [7, 11) is 0. The molecule has 0 aliphatic carbocycles. The van der Waals surface area contributed by atoms with E-state index < -0.39 is 0 Å². The van der Waals surface area contributed by atoms with E-state index in [2.05, 4.69) is 52.0 Å². The molecule has 0 radical (unpaired) electrons. The fourth-order valence-corrected chi connectivity index (χ4v) is 1.46. The molecule has 0 saturated heterocycles. The molecular weight excluding hydrogens is 180 g/mol. The van der Waals surface area contributed by atoms with Crippen molar-refractivity contribution in [2.75, 3.05) is 0 Å². The van der Waals surface area contributed by atoms with Gasteiger partial charge in [0, 0.05) is 0 Å². The van der Waals surface area contributed by atoms with Gasteiger partial charge in [0.1, 0.15) is 0 Å². The van der Waals surface area contributed by atoms with E-state index in [4.69, 9.17) is 0 Å². The maximum absolute atomic E-state index is 2.35. The van der Waals surface area contributed by atoms with Crippen LogP contribution in [0.4, 0.5) is 0 Å². The zero-order valence-electron chi connectivity index (χ0n) is 11.2. The molecule has 1 unspecified atom stereocenters. The third-order valence-corrected chi connectivity index (χ3v) is 2.76. The van der Waals surface area contributed by atoms with Crippen LogP contribution in [0, 0.1) is 0 Å². The molecule has 86 valence electrons. The first-order valence-electron chi connectivity index (χ1n) is 6.25. The normalized spacial score (nSPS) is 11.9. The van der Waals surface area contributed by atoms with Crippen molar-refractivity contribution in [3.05, 3.63) is 35.4 Å². The van der Waals surface area contributed by atoms with E-state index in [1.165, 1.54) is 17.5 Å². The van der Waals surface area contributed by atoms with E-state index in [9.17, 15) is 0 Å². The topological polar surface area (TPSA) is 0 Å². The van der Waals surface area contributed by atoms with Crippen molar-refractivity contribution >= 4 is 0 Å². The van der Waals surface area contributed by atoms with Gasteiger partial charge in [-0.2, -0.15) is 0 Å². The van der Waals surface area contributed by atoms with Gasteiger partial charge in [-0.1, -0.05) is 65.8 Å². The van der Waals surface area contributed by atoms with Crippen molar-refractivity contribution in [3.8, 4) is 0 Å². The van der Waals surface area contributed by atoms with Crippen molar-refractivity contribution in [1.29, 1.82) is 0 Å². The molecule has 1 atom stereocenters. The molecule has 15 heavy (non-hydrogen) atoms. The SMILES string of the molecule is CC.CCC(C)c1cccc(C(C)C)c1. The third-order valence-electron chi connectivity index (χ3n) is 2.76. The van der Waals surface area contributed by atoms with Gasteiger partial charge in [-0.15, -0.1) is 0 Å². The average molecular weight is 206 g/mol. The summed E-state index contributed by atoms with van der Waals surface area (Å²) >= 11 is 0. The van der Waals surface area contributed by atoms with Crippen molar-refractivity contribution in [2.24, 2.45) is 0 Å². The van der Waals surface area contributed by atoms with Gasteiger partial charge in [-0.3, -0.25) is 0 Å². The summed E-state index contributed by atoms with van der Waals surface area (Å²) < 4.78 is 0. The maximum Gasteiger partial charge on any atom is -0.0193 e. The summed E-state index contributed by atoms with van der Waals surface area (Å²) in [6.45, 7) is 13.0. The Labute approximate surface area is 95.7 Å². The molecule has 0 fully saturated rings. The highest BCUT2D eigenvalue weighted by atomic mass is 14.1. The standard InChI is InChI=1S/C13H20.C2H6/c1-5-11(4)13-8-6-7-12(9-13)10(2)3;1-2/h6-11H,5H2,1-4H3;1-2H3. The summed E-state index contributed by atoms with van der Waals surface area (Å²) in [6, 6.07) is 8.98.